The molecule has 0 saturated heterocycles. The Morgan fingerprint density at radius 3 is 2.56 bits per heavy atom. The molecule has 1 heterocycles. The second kappa shape index (κ2) is 11.7. The quantitative estimate of drug-likeness (QED) is 0.227. The fourth-order valence-corrected chi connectivity index (χ4v) is 3.78. The first-order valence-corrected chi connectivity index (χ1v) is 11.5. The summed E-state index contributed by atoms with van der Waals surface area (Å²) in [7, 11) is 1.47. The average Bonchev–Trinajstić information content (AvgIpc) is 3.22. The zero-order chi connectivity index (χ0) is 24.7. The van der Waals surface area contributed by atoms with Crippen molar-refractivity contribution in [2.45, 2.75) is 13.8 Å². The van der Waals surface area contributed by atoms with Crippen LogP contribution in [0.3, 0.4) is 0 Å². The lowest BCUT2D eigenvalue weighted by Gasteiger charge is -2.14. The standard InChI is InChI=1S/C23H20Cl2N4O4S/c1-13-8-17(4-5-18(13)24)32-6-7-33-21-19(25)10-15(11-20(21)31-3)9-16(12-26)22(30)27-23-29-28-14(2)34-23/h4-5,8-11H,6-7H2,1-3H3,(H,27,29,30). The molecule has 2 aromatic carbocycles. The van der Waals surface area contributed by atoms with Gasteiger partial charge in [-0.3, -0.25) is 10.1 Å². The van der Waals surface area contributed by atoms with Crippen LogP contribution in [0.1, 0.15) is 16.1 Å². The van der Waals surface area contributed by atoms with Crippen LogP contribution in [0.2, 0.25) is 10.0 Å². The molecule has 0 aliphatic heterocycles. The number of methoxy groups -OCH3 is 1. The maximum absolute atomic E-state index is 12.4. The number of halogens is 2. The van der Waals surface area contributed by atoms with E-state index in [-0.39, 0.29) is 23.8 Å². The van der Waals surface area contributed by atoms with Crippen molar-refractivity contribution in [3.8, 4) is 23.3 Å². The van der Waals surface area contributed by atoms with Gasteiger partial charge in [-0.25, -0.2) is 0 Å². The summed E-state index contributed by atoms with van der Waals surface area (Å²) in [5.41, 5.74) is 1.27. The Balaban J connectivity index is 1.68. The third kappa shape index (κ3) is 6.60. The Kier molecular flexibility index (Phi) is 8.71. The van der Waals surface area contributed by atoms with Crippen molar-refractivity contribution in [1.82, 2.24) is 10.2 Å². The van der Waals surface area contributed by atoms with Crippen molar-refractivity contribution in [3.05, 3.63) is 62.1 Å². The summed E-state index contributed by atoms with van der Waals surface area (Å²) in [6, 6.07) is 10.5. The van der Waals surface area contributed by atoms with Crippen LogP contribution >= 0.6 is 34.5 Å². The molecule has 1 aromatic heterocycles. The third-order valence-electron chi connectivity index (χ3n) is 4.40. The van der Waals surface area contributed by atoms with E-state index >= 15 is 0 Å². The number of aryl methyl sites for hydroxylation is 2. The van der Waals surface area contributed by atoms with Crippen molar-refractivity contribution < 1.29 is 19.0 Å². The minimum atomic E-state index is -0.608. The second-order valence-electron chi connectivity index (χ2n) is 6.89. The van der Waals surface area contributed by atoms with Gasteiger partial charge in [0, 0.05) is 5.02 Å². The molecule has 0 unspecified atom stereocenters. The Hall–Kier alpha value is -3.32. The number of benzene rings is 2. The molecular weight excluding hydrogens is 499 g/mol. The Morgan fingerprint density at radius 2 is 1.91 bits per heavy atom. The fourth-order valence-electron chi connectivity index (χ4n) is 2.80. The normalized spacial score (nSPS) is 11.0. The zero-order valence-corrected chi connectivity index (χ0v) is 20.8. The minimum Gasteiger partial charge on any atom is -0.493 e. The molecule has 176 valence electrons. The number of aromatic nitrogens is 2. The summed E-state index contributed by atoms with van der Waals surface area (Å²) < 4.78 is 16.8. The first-order chi connectivity index (χ1) is 16.3. The van der Waals surface area contributed by atoms with E-state index in [0.29, 0.717) is 38.0 Å². The van der Waals surface area contributed by atoms with Crippen LogP contribution in [0.25, 0.3) is 6.08 Å². The predicted molar refractivity (Wildman–Crippen MR) is 132 cm³/mol. The van der Waals surface area contributed by atoms with Crippen LogP contribution in [0.5, 0.6) is 17.2 Å². The van der Waals surface area contributed by atoms with Crippen LogP contribution < -0.4 is 19.5 Å². The molecule has 8 nitrogen and oxygen atoms in total. The maximum atomic E-state index is 12.4. The molecule has 0 radical (unpaired) electrons. The molecule has 3 rings (SSSR count). The maximum Gasteiger partial charge on any atom is 0.268 e. The van der Waals surface area contributed by atoms with E-state index in [2.05, 4.69) is 15.5 Å². The summed E-state index contributed by atoms with van der Waals surface area (Å²) >= 11 is 13.6. The molecular formula is C23H20Cl2N4O4S. The van der Waals surface area contributed by atoms with E-state index in [1.807, 2.05) is 19.1 Å². The summed E-state index contributed by atoms with van der Waals surface area (Å²) in [6.07, 6.45) is 1.40. The highest BCUT2D eigenvalue weighted by molar-refractivity contribution is 7.15. The highest BCUT2D eigenvalue weighted by Crippen LogP contribution is 2.37. The largest absolute Gasteiger partial charge is 0.493 e. The van der Waals surface area contributed by atoms with Crippen molar-refractivity contribution in [2.24, 2.45) is 0 Å². The van der Waals surface area contributed by atoms with Gasteiger partial charge in [0.15, 0.2) is 11.5 Å². The molecule has 1 N–H and O–H groups in total. The number of ether oxygens (including phenoxy) is 3. The van der Waals surface area contributed by atoms with Crippen LogP contribution in [0, 0.1) is 25.2 Å². The molecule has 3 aromatic rings. The van der Waals surface area contributed by atoms with E-state index < -0.39 is 5.91 Å². The van der Waals surface area contributed by atoms with Crippen molar-refractivity contribution in [1.29, 1.82) is 5.26 Å². The molecule has 0 saturated carbocycles. The number of carbonyl (C=O) groups excluding carboxylic acids is 1. The van der Waals surface area contributed by atoms with E-state index in [4.69, 9.17) is 37.4 Å². The average molecular weight is 519 g/mol. The van der Waals surface area contributed by atoms with Crippen LogP contribution in [-0.2, 0) is 4.79 Å². The van der Waals surface area contributed by atoms with Gasteiger partial charge < -0.3 is 14.2 Å². The van der Waals surface area contributed by atoms with Crippen molar-refractivity contribution in [3.63, 3.8) is 0 Å². The molecule has 0 atom stereocenters. The van der Waals surface area contributed by atoms with Crippen LogP contribution in [-0.4, -0.2) is 36.4 Å². The fraction of sp³-hybridized carbons (Fsp3) is 0.217. The Bertz CT molecular complexity index is 1270. The number of amides is 1. The van der Waals surface area contributed by atoms with E-state index in [1.54, 1.807) is 31.2 Å². The SMILES string of the molecule is COc1cc(C=C(C#N)C(=O)Nc2nnc(C)s2)cc(Cl)c1OCCOc1ccc(Cl)c(C)c1. The molecule has 34 heavy (non-hydrogen) atoms. The number of nitriles is 1. The van der Waals surface area contributed by atoms with Gasteiger partial charge in [-0.15, -0.1) is 10.2 Å². The van der Waals surface area contributed by atoms with E-state index in [0.717, 1.165) is 5.56 Å². The zero-order valence-electron chi connectivity index (χ0n) is 18.5. The van der Waals surface area contributed by atoms with Gasteiger partial charge in [-0.1, -0.05) is 34.5 Å². The summed E-state index contributed by atoms with van der Waals surface area (Å²) in [4.78, 5) is 12.4. The highest BCUT2D eigenvalue weighted by Gasteiger charge is 2.15. The first-order valence-electron chi connectivity index (χ1n) is 9.93. The van der Waals surface area contributed by atoms with Gasteiger partial charge in [0.2, 0.25) is 5.13 Å². The van der Waals surface area contributed by atoms with E-state index in [1.165, 1.54) is 24.5 Å². The first kappa shape index (κ1) is 25.3. The molecule has 11 heteroatoms. The topological polar surface area (TPSA) is 106 Å². The summed E-state index contributed by atoms with van der Waals surface area (Å²) in [5.74, 6) is 0.738. The van der Waals surface area contributed by atoms with Crippen LogP contribution in [0.15, 0.2) is 35.9 Å². The number of hydrogen-bond acceptors (Lipinski definition) is 8. The van der Waals surface area contributed by atoms with Gasteiger partial charge in [-0.2, -0.15) is 5.26 Å². The van der Waals surface area contributed by atoms with Crippen molar-refractivity contribution >= 4 is 51.7 Å². The molecule has 1 amide bonds. The number of rotatable bonds is 9. The predicted octanol–water partition coefficient (Wildman–Crippen LogP) is 5.47. The number of nitrogens with one attached hydrogen (secondary N) is 1. The van der Waals surface area contributed by atoms with Gasteiger partial charge in [0.05, 0.1) is 12.1 Å². The lowest BCUT2D eigenvalue weighted by molar-refractivity contribution is -0.112. The van der Waals surface area contributed by atoms with Crippen molar-refractivity contribution in [2.75, 3.05) is 25.6 Å². The second-order valence-corrected chi connectivity index (χ2v) is 8.89. The highest BCUT2D eigenvalue weighted by atomic mass is 35.5. The summed E-state index contributed by atoms with van der Waals surface area (Å²) in [5, 5.41) is 21.6. The van der Waals surface area contributed by atoms with E-state index in [9.17, 15) is 10.1 Å². The lowest BCUT2D eigenvalue weighted by Crippen LogP contribution is -2.13. The number of nitrogens with zero attached hydrogens (tertiary/aromatic N) is 3. The molecule has 0 fully saturated rings. The third-order valence-corrected chi connectivity index (χ3v) is 5.86. The van der Waals surface area contributed by atoms with Gasteiger partial charge in [-0.05, 0) is 61.4 Å². The number of hydrogen-bond donors (Lipinski definition) is 1. The number of anilines is 1. The minimum absolute atomic E-state index is 0.133. The molecule has 0 spiro atoms. The smallest absolute Gasteiger partial charge is 0.268 e. The molecule has 0 bridgehead atoms. The van der Waals surface area contributed by atoms with Gasteiger partial charge in [0.25, 0.3) is 5.91 Å². The molecule has 0 aliphatic rings. The molecule has 0 aliphatic carbocycles. The van der Waals surface area contributed by atoms with Crippen LogP contribution in [0.4, 0.5) is 5.13 Å². The van der Waals surface area contributed by atoms with Gasteiger partial charge in [0.1, 0.15) is 35.6 Å². The number of carbonyl (C=O) groups is 1. The summed E-state index contributed by atoms with van der Waals surface area (Å²) in [6.45, 7) is 4.13. The lowest BCUT2D eigenvalue weighted by atomic mass is 10.1. The van der Waals surface area contributed by atoms with Gasteiger partial charge >= 0.3 is 0 Å². The Labute approximate surface area is 210 Å². The Morgan fingerprint density at radius 1 is 1.15 bits per heavy atom. The monoisotopic (exact) mass is 518 g/mol.